The number of carbonyl (C=O) groups excluding carboxylic acids is 1. The molecule has 0 saturated carbocycles. The molecule has 0 aliphatic rings. The Morgan fingerprint density at radius 1 is 1.06 bits per heavy atom. The summed E-state index contributed by atoms with van der Waals surface area (Å²) >= 11 is 0. The number of rotatable bonds is 6. The Labute approximate surface area is 189 Å². The van der Waals surface area contributed by atoms with Gasteiger partial charge in [0.1, 0.15) is 12.3 Å². The molecule has 164 valence electrons. The fourth-order valence-electron chi connectivity index (χ4n) is 3.40. The molecular weight excluding hydrogens is 420 g/mol. The van der Waals surface area contributed by atoms with Crippen molar-refractivity contribution in [1.82, 2.24) is 9.78 Å². The van der Waals surface area contributed by atoms with E-state index in [1.807, 2.05) is 18.2 Å². The molecule has 1 heterocycles. The van der Waals surface area contributed by atoms with Crippen LogP contribution < -0.4 is 20.3 Å². The third-order valence-corrected chi connectivity index (χ3v) is 5.00. The number of nitrogens with zero attached hydrogens (tertiary/aromatic N) is 3. The number of hydrogen-bond acceptors (Lipinski definition) is 6. The summed E-state index contributed by atoms with van der Waals surface area (Å²) in [5.41, 5.74) is 1.38. The van der Waals surface area contributed by atoms with Crippen LogP contribution in [0.4, 0.5) is 5.69 Å². The number of methoxy groups -OCH3 is 1. The second-order valence-electron chi connectivity index (χ2n) is 7.25. The van der Waals surface area contributed by atoms with Crippen molar-refractivity contribution in [3.8, 4) is 23.3 Å². The highest BCUT2D eigenvalue weighted by Crippen LogP contribution is 2.32. The Morgan fingerprint density at radius 3 is 2.48 bits per heavy atom. The van der Waals surface area contributed by atoms with Crippen molar-refractivity contribution in [2.45, 2.75) is 13.5 Å². The number of amides is 1. The molecule has 4 rings (SSSR count). The lowest BCUT2D eigenvalue weighted by atomic mass is 10.1. The fourth-order valence-corrected chi connectivity index (χ4v) is 3.40. The standard InChI is InChI=1S/C25H20N4O4/c1-16-20-5-3-4-6-21(20)25(31)29(28-16)15-24(30)27-18-8-10-19(11-9-18)33-22-12-7-17(14-26)13-23(22)32-2/h3-13H,15H2,1-2H3,(H,27,30). The Hall–Kier alpha value is -4.64. The van der Waals surface area contributed by atoms with Gasteiger partial charge in [-0.05, 0) is 49.4 Å². The van der Waals surface area contributed by atoms with E-state index in [2.05, 4.69) is 10.4 Å². The molecule has 1 aromatic heterocycles. The average molecular weight is 440 g/mol. The molecule has 0 unspecified atom stereocenters. The van der Waals surface area contributed by atoms with Gasteiger partial charge in [-0.2, -0.15) is 10.4 Å². The molecule has 33 heavy (non-hydrogen) atoms. The van der Waals surface area contributed by atoms with Crippen molar-refractivity contribution in [3.63, 3.8) is 0 Å². The van der Waals surface area contributed by atoms with E-state index in [0.717, 1.165) is 5.39 Å². The minimum atomic E-state index is -0.373. The molecule has 0 aliphatic heterocycles. The SMILES string of the molecule is COc1cc(C#N)ccc1Oc1ccc(NC(=O)Cn2nc(C)c3ccccc3c2=O)cc1. The first kappa shape index (κ1) is 21.6. The maximum Gasteiger partial charge on any atom is 0.275 e. The van der Waals surface area contributed by atoms with Crippen LogP contribution in [0.1, 0.15) is 11.3 Å². The van der Waals surface area contributed by atoms with Gasteiger partial charge >= 0.3 is 0 Å². The number of benzene rings is 3. The van der Waals surface area contributed by atoms with Gasteiger partial charge in [0, 0.05) is 17.1 Å². The zero-order valence-corrected chi connectivity index (χ0v) is 18.0. The number of nitrogens with one attached hydrogen (secondary N) is 1. The first-order chi connectivity index (χ1) is 16.0. The normalized spacial score (nSPS) is 10.5. The first-order valence-electron chi connectivity index (χ1n) is 10.1. The summed E-state index contributed by atoms with van der Waals surface area (Å²) in [5, 5.41) is 17.3. The maximum absolute atomic E-state index is 12.7. The van der Waals surface area contributed by atoms with E-state index in [4.69, 9.17) is 14.7 Å². The molecule has 1 N–H and O–H groups in total. The largest absolute Gasteiger partial charge is 0.493 e. The van der Waals surface area contributed by atoms with Crippen LogP contribution in [0, 0.1) is 18.3 Å². The number of hydrogen-bond donors (Lipinski definition) is 1. The van der Waals surface area contributed by atoms with Gasteiger partial charge in [0.2, 0.25) is 5.91 Å². The average Bonchev–Trinajstić information content (AvgIpc) is 2.84. The summed E-state index contributed by atoms with van der Waals surface area (Å²) in [4.78, 5) is 25.2. The molecule has 0 saturated heterocycles. The molecular formula is C25H20N4O4. The van der Waals surface area contributed by atoms with Crippen molar-refractivity contribution in [2.75, 3.05) is 12.4 Å². The molecule has 4 aromatic rings. The molecule has 1 amide bonds. The van der Waals surface area contributed by atoms with Crippen LogP contribution in [0.15, 0.2) is 71.5 Å². The van der Waals surface area contributed by atoms with Crippen LogP contribution in [0.25, 0.3) is 10.8 Å². The van der Waals surface area contributed by atoms with Crippen molar-refractivity contribution in [1.29, 1.82) is 5.26 Å². The number of fused-ring (bicyclic) bond motifs is 1. The van der Waals surface area contributed by atoms with Crippen LogP contribution in [-0.4, -0.2) is 22.8 Å². The van der Waals surface area contributed by atoms with Crippen LogP contribution >= 0.6 is 0 Å². The third-order valence-electron chi connectivity index (χ3n) is 5.00. The smallest absolute Gasteiger partial charge is 0.275 e. The predicted molar refractivity (Wildman–Crippen MR) is 124 cm³/mol. The highest BCUT2D eigenvalue weighted by Gasteiger charge is 2.12. The highest BCUT2D eigenvalue weighted by molar-refractivity contribution is 5.91. The van der Waals surface area contributed by atoms with Crippen LogP contribution in [0.2, 0.25) is 0 Å². The van der Waals surface area contributed by atoms with Crippen molar-refractivity contribution in [3.05, 3.63) is 88.3 Å². The van der Waals surface area contributed by atoms with E-state index < -0.39 is 0 Å². The van der Waals surface area contributed by atoms with E-state index in [1.54, 1.807) is 61.5 Å². The lowest BCUT2D eigenvalue weighted by Gasteiger charge is -2.12. The molecule has 0 spiro atoms. The molecule has 8 heteroatoms. The molecule has 0 bridgehead atoms. The van der Waals surface area contributed by atoms with Crippen molar-refractivity contribution in [2.24, 2.45) is 0 Å². The first-order valence-corrected chi connectivity index (χ1v) is 10.1. The zero-order valence-electron chi connectivity index (χ0n) is 18.0. The Morgan fingerprint density at radius 2 is 1.79 bits per heavy atom. The minimum absolute atomic E-state index is 0.203. The van der Waals surface area contributed by atoms with E-state index >= 15 is 0 Å². The van der Waals surface area contributed by atoms with Crippen LogP contribution in [0.3, 0.4) is 0 Å². The zero-order chi connectivity index (χ0) is 23.4. The molecule has 0 atom stereocenters. The number of ether oxygens (including phenoxy) is 2. The monoisotopic (exact) mass is 440 g/mol. The lowest BCUT2D eigenvalue weighted by Crippen LogP contribution is -2.30. The maximum atomic E-state index is 12.7. The fraction of sp³-hybridized carbons (Fsp3) is 0.120. The second-order valence-corrected chi connectivity index (χ2v) is 7.25. The van der Waals surface area contributed by atoms with E-state index in [1.165, 1.54) is 11.8 Å². The Bertz CT molecular complexity index is 1440. The summed E-state index contributed by atoms with van der Waals surface area (Å²) in [7, 11) is 1.50. The van der Waals surface area contributed by atoms with Gasteiger partial charge in [0.05, 0.1) is 29.8 Å². The molecule has 3 aromatic carbocycles. The van der Waals surface area contributed by atoms with Gasteiger partial charge in [-0.25, -0.2) is 4.68 Å². The highest BCUT2D eigenvalue weighted by atomic mass is 16.5. The predicted octanol–water partition coefficient (Wildman–Crippen LogP) is 4.02. The lowest BCUT2D eigenvalue weighted by molar-refractivity contribution is -0.117. The molecule has 0 fully saturated rings. The molecule has 0 radical (unpaired) electrons. The van der Waals surface area contributed by atoms with E-state index in [-0.39, 0.29) is 18.0 Å². The van der Waals surface area contributed by atoms with Crippen LogP contribution in [-0.2, 0) is 11.3 Å². The van der Waals surface area contributed by atoms with Crippen molar-refractivity contribution >= 4 is 22.4 Å². The topological polar surface area (TPSA) is 106 Å². The quantitative estimate of drug-likeness (QED) is 0.485. The number of nitriles is 1. The number of carbonyl (C=O) groups is 1. The van der Waals surface area contributed by atoms with Crippen LogP contribution in [0.5, 0.6) is 17.2 Å². The summed E-state index contributed by atoms with van der Waals surface area (Å²) in [6.45, 7) is 1.60. The second kappa shape index (κ2) is 9.24. The molecule has 0 aliphatic carbocycles. The van der Waals surface area contributed by atoms with Gasteiger partial charge in [-0.3, -0.25) is 9.59 Å². The van der Waals surface area contributed by atoms with E-state index in [9.17, 15) is 9.59 Å². The number of aryl methyl sites for hydroxylation is 1. The Balaban J connectivity index is 1.45. The van der Waals surface area contributed by atoms with Gasteiger partial charge in [-0.1, -0.05) is 18.2 Å². The van der Waals surface area contributed by atoms with Crippen molar-refractivity contribution < 1.29 is 14.3 Å². The summed E-state index contributed by atoms with van der Waals surface area (Å²) < 4.78 is 12.3. The summed E-state index contributed by atoms with van der Waals surface area (Å²) in [6.07, 6.45) is 0. The van der Waals surface area contributed by atoms with E-state index in [0.29, 0.717) is 39.6 Å². The van der Waals surface area contributed by atoms with Gasteiger partial charge in [0.15, 0.2) is 11.5 Å². The summed E-state index contributed by atoms with van der Waals surface area (Å²) in [5.74, 6) is 1.06. The van der Waals surface area contributed by atoms with Gasteiger partial charge < -0.3 is 14.8 Å². The number of aromatic nitrogens is 2. The number of anilines is 1. The minimum Gasteiger partial charge on any atom is -0.493 e. The summed E-state index contributed by atoms with van der Waals surface area (Å²) in [6, 6.07) is 20.9. The van der Waals surface area contributed by atoms with Gasteiger partial charge in [-0.15, -0.1) is 0 Å². The third kappa shape index (κ3) is 4.67. The molecule has 8 nitrogen and oxygen atoms in total. The Kier molecular flexibility index (Phi) is 6.04. The van der Waals surface area contributed by atoms with Gasteiger partial charge in [0.25, 0.3) is 5.56 Å².